The first kappa shape index (κ1) is 13.9. The van der Waals surface area contributed by atoms with E-state index in [0.29, 0.717) is 6.04 Å². The Hall–Kier alpha value is -1.10. The van der Waals surface area contributed by atoms with E-state index in [2.05, 4.69) is 23.0 Å². The fourth-order valence-electron chi connectivity index (χ4n) is 3.11. The molecule has 0 radical (unpaired) electrons. The third-order valence-electron chi connectivity index (χ3n) is 4.10. The number of hydrogen-bond donors (Lipinski definition) is 1. The molecule has 2 aromatic rings. The van der Waals surface area contributed by atoms with E-state index < -0.39 is 0 Å². The van der Waals surface area contributed by atoms with Gasteiger partial charge in [-0.15, -0.1) is 0 Å². The Morgan fingerprint density at radius 1 is 1.40 bits per heavy atom. The Kier molecular flexibility index (Phi) is 3.96. The molecule has 2 aromatic heterocycles. The number of hydrogen-bond acceptors (Lipinski definition) is 3. The maximum atomic E-state index is 6.12. The van der Waals surface area contributed by atoms with Crippen molar-refractivity contribution in [3.05, 3.63) is 35.2 Å². The van der Waals surface area contributed by atoms with Crippen molar-refractivity contribution in [3.63, 3.8) is 0 Å². The number of rotatable bonds is 3. The molecule has 3 heterocycles. The lowest BCUT2D eigenvalue weighted by Crippen LogP contribution is -2.48. The number of halogens is 1. The van der Waals surface area contributed by atoms with Crippen LogP contribution in [0, 0.1) is 0 Å². The van der Waals surface area contributed by atoms with Crippen molar-refractivity contribution in [2.75, 3.05) is 6.54 Å². The van der Waals surface area contributed by atoms with Crippen LogP contribution in [0.4, 0.5) is 0 Å². The lowest BCUT2D eigenvalue weighted by molar-refractivity contribution is 0.121. The van der Waals surface area contributed by atoms with E-state index in [1.165, 1.54) is 19.3 Å². The maximum Gasteiger partial charge on any atom is 0.137 e. The van der Waals surface area contributed by atoms with Crippen molar-refractivity contribution in [2.45, 2.75) is 44.8 Å². The normalized spacial score (nSPS) is 22.2. The van der Waals surface area contributed by atoms with E-state index in [-0.39, 0.29) is 6.04 Å². The molecule has 2 N–H and O–H groups in total. The highest BCUT2D eigenvalue weighted by molar-refractivity contribution is 6.30. The van der Waals surface area contributed by atoms with Gasteiger partial charge in [0.25, 0.3) is 0 Å². The summed E-state index contributed by atoms with van der Waals surface area (Å²) in [5.74, 6) is 0. The molecule has 20 heavy (non-hydrogen) atoms. The van der Waals surface area contributed by atoms with Gasteiger partial charge in [0.15, 0.2) is 0 Å². The first-order valence-corrected chi connectivity index (χ1v) is 7.64. The molecule has 1 aliphatic heterocycles. The number of aromatic nitrogens is 2. The van der Waals surface area contributed by atoms with E-state index >= 15 is 0 Å². The second-order valence-corrected chi connectivity index (χ2v) is 6.17. The minimum atomic E-state index is 0.210. The average molecular weight is 293 g/mol. The van der Waals surface area contributed by atoms with Gasteiger partial charge in [-0.25, -0.2) is 4.98 Å². The quantitative estimate of drug-likeness (QED) is 0.946. The van der Waals surface area contributed by atoms with Gasteiger partial charge in [-0.3, -0.25) is 4.90 Å². The van der Waals surface area contributed by atoms with Gasteiger partial charge in [-0.2, -0.15) is 0 Å². The molecule has 0 spiro atoms. The third kappa shape index (κ3) is 2.82. The van der Waals surface area contributed by atoms with Crippen LogP contribution in [0.1, 0.15) is 31.9 Å². The summed E-state index contributed by atoms with van der Waals surface area (Å²) in [7, 11) is 0. The van der Waals surface area contributed by atoms with Crippen LogP contribution in [0.2, 0.25) is 5.02 Å². The van der Waals surface area contributed by atoms with Gasteiger partial charge in [0, 0.05) is 31.0 Å². The molecule has 1 saturated heterocycles. The fraction of sp³-hybridized carbons (Fsp3) is 0.533. The van der Waals surface area contributed by atoms with Crippen LogP contribution >= 0.6 is 11.6 Å². The zero-order valence-corrected chi connectivity index (χ0v) is 12.6. The summed E-state index contributed by atoms with van der Waals surface area (Å²) in [6.07, 6.45) is 7.68. The maximum absolute atomic E-state index is 6.12. The summed E-state index contributed by atoms with van der Waals surface area (Å²) in [6.45, 7) is 4.08. The van der Waals surface area contributed by atoms with Crippen LogP contribution in [0.3, 0.4) is 0 Å². The topological polar surface area (TPSA) is 46.6 Å². The summed E-state index contributed by atoms with van der Waals surface area (Å²) in [5, 5.41) is 0.730. The minimum Gasteiger partial charge on any atom is -0.327 e. The lowest BCUT2D eigenvalue weighted by Gasteiger charge is -2.37. The first-order valence-electron chi connectivity index (χ1n) is 7.26. The number of imidazole rings is 1. The third-order valence-corrected chi connectivity index (χ3v) is 4.32. The monoisotopic (exact) mass is 292 g/mol. The molecule has 1 fully saturated rings. The molecule has 0 aromatic carbocycles. The fourth-order valence-corrected chi connectivity index (χ4v) is 3.28. The van der Waals surface area contributed by atoms with E-state index in [9.17, 15) is 0 Å². The van der Waals surface area contributed by atoms with Gasteiger partial charge in [0.2, 0.25) is 0 Å². The zero-order valence-electron chi connectivity index (χ0n) is 11.8. The SMILES string of the molecule is CC(N)C1CCCCN1Cc1cn2cc(Cl)ccc2n1. The average Bonchev–Trinajstić information content (AvgIpc) is 2.80. The molecular weight excluding hydrogens is 272 g/mol. The number of nitrogens with zero attached hydrogens (tertiary/aromatic N) is 3. The van der Waals surface area contributed by atoms with Crippen LogP contribution in [0.15, 0.2) is 24.5 Å². The molecule has 0 saturated carbocycles. The molecule has 3 rings (SSSR count). The van der Waals surface area contributed by atoms with Crippen LogP contribution < -0.4 is 5.73 Å². The van der Waals surface area contributed by atoms with Gasteiger partial charge < -0.3 is 10.1 Å². The molecule has 5 heteroatoms. The van der Waals surface area contributed by atoms with Gasteiger partial charge >= 0.3 is 0 Å². The van der Waals surface area contributed by atoms with Gasteiger partial charge in [0.05, 0.1) is 10.7 Å². The second-order valence-electron chi connectivity index (χ2n) is 5.74. The van der Waals surface area contributed by atoms with E-state index in [4.69, 9.17) is 17.3 Å². The summed E-state index contributed by atoms with van der Waals surface area (Å²) >= 11 is 6.01. The Labute approximate surface area is 124 Å². The van der Waals surface area contributed by atoms with Crippen molar-refractivity contribution in [1.29, 1.82) is 0 Å². The van der Waals surface area contributed by atoms with Gasteiger partial charge in [0.1, 0.15) is 5.65 Å². The highest BCUT2D eigenvalue weighted by Crippen LogP contribution is 2.21. The van der Waals surface area contributed by atoms with Crippen LogP contribution in [-0.4, -0.2) is 32.9 Å². The predicted molar refractivity (Wildman–Crippen MR) is 81.9 cm³/mol. The molecular formula is C15H21ClN4. The summed E-state index contributed by atoms with van der Waals surface area (Å²) in [6, 6.07) is 4.50. The molecule has 4 nitrogen and oxygen atoms in total. The summed E-state index contributed by atoms with van der Waals surface area (Å²) in [5.41, 5.74) is 8.15. The number of likely N-dealkylation sites (tertiary alicyclic amines) is 1. The summed E-state index contributed by atoms with van der Waals surface area (Å²) in [4.78, 5) is 7.13. The van der Waals surface area contributed by atoms with Crippen molar-refractivity contribution in [3.8, 4) is 0 Å². The van der Waals surface area contributed by atoms with Gasteiger partial charge in [-0.1, -0.05) is 18.0 Å². The lowest BCUT2D eigenvalue weighted by atomic mass is 9.97. The van der Waals surface area contributed by atoms with Crippen LogP contribution in [0.25, 0.3) is 5.65 Å². The predicted octanol–water partition coefficient (Wildman–Crippen LogP) is 2.69. The highest BCUT2D eigenvalue weighted by Gasteiger charge is 2.25. The van der Waals surface area contributed by atoms with Crippen molar-refractivity contribution in [1.82, 2.24) is 14.3 Å². The largest absolute Gasteiger partial charge is 0.327 e. The van der Waals surface area contributed by atoms with Crippen molar-refractivity contribution in [2.24, 2.45) is 5.73 Å². The van der Waals surface area contributed by atoms with Crippen LogP contribution in [-0.2, 0) is 6.54 Å². The molecule has 1 aliphatic rings. The van der Waals surface area contributed by atoms with Crippen LogP contribution in [0.5, 0.6) is 0 Å². The Morgan fingerprint density at radius 2 is 2.25 bits per heavy atom. The molecule has 108 valence electrons. The summed E-state index contributed by atoms with van der Waals surface area (Å²) < 4.78 is 1.99. The van der Waals surface area contributed by atoms with E-state index in [1.807, 2.05) is 22.7 Å². The standard InChI is InChI=1S/C15H21ClN4/c1-11(17)14-4-2-3-7-19(14)9-13-10-20-8-12(16)5-6-15(20)18-13/h5-6,8,10-11,14H,2-4,7,9,17H2,1H3. The Bertz CT molecular complexity index is 593. The molecule has 2 atom stereocenters. The number of piperidine rings is 1. The Morgan fingerprint density at radius 3 is 3.05 bits per heavy atom. The smallest absolute Gasteiger partial charge is 0.137 e. The molecule has 0 aliphatic carbocycles. The van der Waals surface area contributed by atoms with E-state index in [0.717, 1.165) is 29.5 Å². The van der Waals surface area contributed by atoms with Crippen molar-refractivity contribution >= 4 is 17.2 Å². The second kappa shape index (κ2) is 5.72. The highest BCUT2D eigenvalue weighted by atomic mass is 35.5. The minimum absolute atomic E-state index is 0.210. The van der Waals surface area contributed by atoms with E-state index in [1.54, 1.807) is 0 Å². The molecule has 0 bridgehead atoms. The number of pyridine rings is 1. The van der Waals surface area contributed by atoms with Crippen molar-refractivity contribution < 1.29 is 0 Å². The Balaban J connectivity index is 1.80. The number of fused-ring (bicyclic) bond motifs is 1. The first-order chi connectivity index (χ1) is 9.63. The number of nitrogens with two attached hydrogens (primary N) is 1. The molecule has 2 unspecified atom stereocenters. The zero-order chi connectivity index (χ0) is 14.1. The molecule has 0 amide bonds. The van der Waals surface area contributed by atoms with Gasteiger partial charge in [-0.05, 0) is 38.4 Å².